The predicted octanol–water partition coefficient (Wildman–Crippen LogP) is 3.59. The molecule has 2 rings (SSSR count). The number of rotatable bonds is 8. The first-order valence-electron chi connectivity index (χ1n) is 10.4. The molecule has 0 spiro atoms. The lowest BCUT2D eigenvalue weighted by Crippen LogP contribution is -2.33. The van der Waals surface area contributed by atoms with E-state index in [1.165, 1.54) is 37.9 Å². The highest BCUT2D eigenvalue weighted by Crippen LogP contribution is 2.13. The standard InChI is InChI=1S/C22H35N3O3/c1-22(2,3)28-21(27)23-13-7-8-20(26)24-16-18-9-11-19(12-10-18)17-25-14-5-4-6-15-25/h9-12H,4-8,13-17H2,1-3H3,(H,23,27)(H,24,26). The second kappa shape index (κ2) is 11.1. The van der Waals surface area contributed by atoms with Crippen molar-refractivity contribution in [2.75, 3.05) is 19.6 Å². The Morgan fingerprint density at radius 3 is 2.29 bits per heavy atom. The molecular formula is C22H35N3O3. The Morgan fingerprint density at radius 2 is 1.64 bits per heavy atom. The topological polar surface area (TPSA) is 70.7 Å². The van der Waals surface area contributed by atoms with Crippen LogP contribution in [0.15, 0.2) is 24.3 Å². The average molecular weight is 390 g/mol. The molecular weight excluding hydrogens is 354 g/mol. The van der Waals surface area contributed by atoms with Crippen LogP contribution in [0.25, 0.3) is 0 Å². The Kier molecular flexibility index (Phi) is 8.77. The van der Waals surface area contributed by atoms with Gasteiger partial charge < -0.3 is 15.4 Å². The molecule has 0 aliphatic carbocycles. The van der Waals surface area contributed by atoms with Crippen LogP contribution in [0, 0.1) is 0 Å². The Labute approximate surface area is 169 Å². The number of alkyl carbamates (subject to hydrolysis) is 1. The third-order valence-electron chi connectivity index (χ3n) is 4.62. The normalized spacial score (nSPS) is 15.1. The highest BCUT2D eigenvalue weighted by molar-refractivity contribution is 5.76. The van der Waals surface area contributed by atoms with Gasteiger partial charge in [0.25, 0.3) is 0 Å². The summed E-state index contributed by atoms with van der Waals surface area (Å²) in [4.78, 5) is 26.0. The second-order valence-corrected chi connectivity index (χ2v) is 8.46. The van der Waals surface area contributed by atoms with E-state index in [0.29, 0.717) is 25.9 Å². The zero-order valence-electron chi connectivity index (χ0n) is 17.6. The van der Waals surface area contributed by atoms with Gasteiger partial charge in [-0.05, 0) is 64.3 Å². The largest absolute Gasteiger partial charge is 0.444 e. The van der Waals surface area contributed by atoms with Gasteiger partial charge in [0.1, 0.15) is 5.60 Å². The SMILES string of the molecule is CC(C)(C)OC(=O)NCCCC(=O)NCc1ccc(CN2CCCCC2)cc1. The number of carbonyl (C=O) groups is 2. The Bertz CT molecular complexity index is 617. The van der Waals surface area contributed by atoms with Gasteiger partial charge in [0.2, 0.25) is 5.91 Å². The molecule has 28 heavy (non-hydrogen) atoms. The minimum Gasteiger partial charge on any atom is -0.444 e. The van der Waals surface area contributed by atoms with Crippen molar-refractivity contribution in [2.45, 2.75) is 71.6 Å². The van der Waals surface area contributed by atoms with Crippen LogP contribution in [0.4, 0.5) is 4.79 Å². The van der Waals surface area contributed by atoms with E-state index in [9.17, 15) is 9.59 Å². The van der Waals surface area contributed by atoms with Gasteiger partial charge in [-0.3, -0.25) is 9.69 Å². The molecule has 1 aliphatic heterocycles. The molecule has 0 aromatic heterocycles. The van der Waals surface area contributed by atoms with Gasteiger partial charge in [-0.1, -0.05) is 30.7 Å². The maximum Gasteiger partial charge on any atom is 0.407 e. The fraction of sp³-hybridized carbons (Fsp3) is 0.636. The predicted molar refractivity (Wildman–Crippen MR) is 111 cm³/mol. The number of benzene rings is 1. The molecule has 1 aromatic carbocycles. The number of piperidine rings is 1. The fourth-order valence-corrected chi connectivity index (χ4v) is 3.18. The van der Waals surface area contributed by atoms with Crippen molar-refractivity contribution in [1.29, 1.82) is 0 Å². The summed E-state index contributed by atoms with van der Waals surface area (Å²) in [5.41, 5.74) is 1.91. The molecule has 0 radical (unpaired) electrons. The van der Waals surface area contributed by atoms with E-state index in [1.807, 2.05) is 20.8 Å². The Hall–Kier alpha value is -2.08. The van der Waals surface area contributed by atoms with Crippen LogP contribution in [0.3, 0.4) is 0 Å². The number of nitrogens with zero attached hydrogens (tertiary/aromatic N) is 1. The monoisotopic (exact) mass is 389 g/mol. The highest BCUT2D eigenvalue weighted by atomic mass is 16.6. The molecule has 1 fully saturated rings. The fourth-order valence-electron chi connectivity index (χ4n) is 3.18. The average Bonchev–Trinajstić information content (AvgIpc) is 2.64. The van der Waals surface area contributed by atoms with Crippen molar-refractivity contribution >= 4 is 12.0 Å². The summed E-state index contributed by atoms with van der Waals surface area (Å²) in [6.45, 7) is 9.81. The minimum absolute atomic E-state index is 0.0108. The molecule has 0 unspecified atom stereocenters. The first kappa shape index (κ1) is 22.2. The van der Waals surface area contributed by atoms with Crippen LogP contribution in [0.1, 0.15) is 64.0 Å². The van der Waals surface area contributed by atoms with Crippen molar-refractivity contribution in [2.24, 2.45) is 0 Å². The molecule has 156 valence electrons. The van der Waals surface area contributed by atoms with Crippen LogP contribution in [-0.4, -0.2) is 42.1 Å². The molecule has 2 N–H and O–H groups in total. The lowest BCUT2D eigenvalue weighted by atomic mass is 10.1. The van der Waals surface area contributed by atoms with E-state index in [-0.39, 0.29) is 5.91 Å². The number of hydrogen-bond donors (Lipinski definition) is 2. The summed E-state index contributed by atoms with van der Waals surface area (Å²) in [6, 6.07) is 8.48. The molecule has 0 atom stereocenters. The number of likely N-dealkylation sites (tertiary alicyclic amines) is 1. The van der Waals surface area contributed by atoms with Gasteiger partial charge in [-0.15, -0.1) is 0 Å². The number of hydrogen-bond acceptors (Lipinski definition) is 4. The lowest BCUT2D eigenvalue weighted by molar-refractivity contribution is -0.121. The van der Waals surface area contributed by atoms with Crippen LogP contribution < -0.4 is 10.6 Å². The first-order valence-corrected chi connectivity index (χ1v) is 10.4. The van der Waals surface area contributed by atoms with E-state index in [0.717, 1.165) is 12.1 Å². The second-order valence-electron chi connectivity index (χ2n) is 8.46. The van der Waals surface area contributed by atoms with E-state index in [4.69, 9.17) is 4.74 Å². The molecule has 0 saturated carbocycles. The van der Waals surface area contributed by atoms with E-state index in [1.54, 1.807) is 0 Å². The van der Waals surface area contributed by atoms with Crippen molar-refractivity contribution in [1.82, 2.24) is 15.5 Å². The summed E-state index contributed by atoms with van der Waals surface area (Å²) < 4.78 is 5.15. The van der Waals surface area contributed by atoms with Crippen LogP contribution in [0.5, 0.6) is 0 Å². The summed E-state index contributed by atoms with van der Waals surface area (Å²) in [6.07, 6.45) is 4.47. The van der Waals surface area contributed by atoms with Gasteiger partial charge >= 0.3 is 6.09 Å². The summed E-state index contributed by atoms with van der Waals surface area (Å²) >= 11 is 0. The Balaban J connectivity index is 1.59. The molecule has 1 aliphatic rings. The van der Waals surface area contributed by atoms with Gasteiger partial charge in [-0.25, -0.2) is 4.79 Å². The van der Waals surface area contributed by atoms with Gasteiger partial charge in [0.15, 0.2) is 0 Å². The number of ether oxygens (including phenoxy) is 1. The third-order valence-corrected chi connectivity index (χ3v) is 4.62. The van der Waals surface area contributed by atoms with Crippen molar-refractivity contribution in [3.8, 4) is 0 Å². The zero-order valence-corrected chi connectivity index (χ0v) is 17.6. The van der Waals surface area contributed by atoms with E-state index >= 15 is 0 Å². The quantitative estimate of drug-likeness (QED) is 0.667. The highest BCUT2D eigenvalue weighted by Gasteiger charge is 2.15. The van der Waals surface area contributed by atoms with Crippen molar-refractivity contribution < 1.29 is 14.3 Å². The minimum atomic E-state index is -0.509. The molecule has 0 bridgehead atoms. The number of amides is 2. The smallest absolute Gasteiger partial charge is 0.407 e. The molecule has 1 aromatic rings. The third kappa shape index (κ3) is 9.22. The summed E-state index contributed by atoms with van der Waals surface area (Å²) in [5, 5.41) is 5.60. The van der Waals surface area contributed by atoms with E-state index in [2.05, 4.69) is 39.8 Å². The van der Waals surface area contributed by atoms with Gasteiger partial charge in [0.05, 0.1) is 0 Å². The number of nitrogens with one attached hydrogen (secondary N) is 2. The molecule has 6 nitrogen and oxygen atoms in total. The lowest BCUT2D eigenvalue weighted by Gasteiger charge is -2.26. The molecule has 1 heterocycles. The summed E-state index contributed by atoms with van der Waals surface area (Å²) in [7, 11) is 0. The van der Waals surface area contributed by atoms with Crippen LogP contribution >= 0.6 is 0 Å². The summed E-state index contributed by atoms with van der Waals surface area (Å²) in [5.74, 6) is -0.0108. The Morgan fingerprint density at radius 1 is 1.00 bits per heavy atom. The first-order chi connectivity index (χ1) is 13.3. The zero-order chi connectivity index (χ0) is 20.4. The van der Waals surface area contributed by atoms with E-state index < -0.39 is 11.7 Å². The maximum absolute atomic E-state index is 12.0. The van der Waals surface area contributed by atoms with Crippen LogP contribution in [-0.2, 0) is 22.6 Å². The molecule has 1 saturated heterocycles. The maximum atomic E-state index is 12.0. The van der Waals surface area contributed by atoms with Gasteiger partial charge in [-0.2, -0.15) is 0 Å². The van der Waals surface area contributed by atoms with Crippen LogP contribution in [0.2, 0.25) is 0 Å². The van der Waals surface area contributed by atoms with Crippen molar-refractivity contribution in [3.63, 3.8) is 0 Å². The number of carbonyl (C=O) groups excluding carboxylic acids is 2. The molecule has 6 heteroatoms. The van der Waals surface area contributed by atoms with Crippen molar-refractivity contribution in [3.05, 3.63) is 35.4 Å². The van der Waals surface area contributed by atoms with Gasteiger partial charge in [0, 0.05) is 26.1 Å². The molecule has 2 amide bonds.